The first-order chi connectivity index (χ1) is 11.5. The quantitative estimate of drug-likeness (QED) is 0.893. The summed E-state index contributed by atoms with van der Waals surface area (Å²) in [5.74, 6) is 1.15. The first kappa shape index (κ1) is 17.7. The maximum absolute atomic E-state index is 13.3. The molecule has 0 radical (unpaired) electrons. The average molecular weight is 353 g/mol. The van der Waals surface area contributed by atoms with Crippen molar-refractivity contribution in [1.82, 2.24) is 13.9 Å². The van der Waals surface area contributed by atoms with Gasteiger partial charge in [-0.05, 0) is 24.8 Å². The van der Waals surface area contributed by atoms with Crippen LogP contribution in [-0.4, -0.2) is 56.9 Å². The number of benzene rings is 1. The minimum atomic E-state index is -3.47. The summed E-state index contributed by atoms with van der Waals surface area (Å²) in [5.41, 5.74) is 0.917. The Balaban J connectivity index is 1.91. The van der Waals surface area contributed by atoms with Crippen molar-refractivity contribution in [3.05, 3.63) is 29.8 Å². The first-order valence-corrected chi connectivity index (χ1v) is 10.0. The molecule has 3 rings (SSSR count). The van der Waals surface area contributed by atoms with E-state index in [1.54, 1.807) is 15.7 Å². The molecule has 1 aromatic carbocycles. The second-order valence-corrected chi connectivity index (χ2v) is 8.57. The summed E-state index contributed by atoms with van der Waals surface area (Å²) in [6, 6.07) is 7.44. The molecule has 2 heterocycles. The predicted octanol–water partition coefficient (Wildman–Crippen LogP) is 1.62. The molecule has 1 aromatic rings. The molecule has 2 atom stereocenters. The Kier molecular flexibility index (Phi) is 5.44. The molecule has 2 aliphatic heterocycles. The number of piperidine rings is 1. The summed E-state index contributed by atoms with van der Waals surface area (Å²) < 4.78 is 35.3. The number of piperazine rings is 1. The van der Waals surface area contributed by atoms with Crippen molar-refractivity contribution < 1.29 is 13.2 Å². The van der Waals surface area contributed by atoms with Crippen LogP contribution in [0.3, 0.4) is 0 Å². The molecule has 0 bridgehead atoms. The number of rotatable bonds is 4. The molecule has 2 unspecified atom stereocenters. The van der Waals surface area contributed by atoms with Crippen molar-refractivity contribution in [1.29, 1.82) is 0 Å². The predicted molar refractivity (Wildman–Crippen MR) is 94.2 cm³/mol. The smallest absolute Gasteiger partial charge is 0.282 e. The molecule has 0 aliphatic carbocycles. The van der Waals surface area contributed by atoms with Gasteiger partial charge in [-0.3, -0.25) is 0 Å². The molecule has 24 heavy (non-hydrogen) atoms. The molecule has 2 saturated heterocycles. The van der Waals surface area contributed by atoms with Gasteiger partial charge < -0.3 is 10.1 Å². The van der Waals surface area contributed by atoms with Gasteiger partial charge in [0.15, 0.2) is 0 Å². The highest BCUT2D eigenvalue weighted by atomic mass is 32.2. The van der Waals surface area contributed by atoms with Gasteiger partial charge in [-0.1, -0.05) is 25.1 Å². The van der Waals surface area contributed by atoms with Crippen LogP contribution in [-0.2, 0) is 10.2 Å². The number of para-hydroxylation sites is 1. The second-order valence-electron chi connectivity index (χ2n) is 6.69. The maximum atomic E-state index is 13.3. The maximum Gasteiger partial charge on any atom is 0.282 e. The van der Waals surface area contributed by atoms with Crippen LogP contribution in [0.4, 0.5) is 0 Å². The van der Waals surface area contributed by atoms with Gasteiger partial charge in [0.25, 0.3) is 10.2 Å². The zero-order chi connectivity index (χ0) is 17.2. The third kappa shape index (κ3) is 3.44. The summed E-state index contributed by atoms with van der Waals surface area (Å²) in [7, 11) is -1.84. The fourth-order valence-corrected chi connectivity index (χ4v) is 5.60. The van der Waals surface area contributed by atoms with Crippen LogP contribution in [0.2, 0.25) is 0 Å². The van der Waals surface area contributed by atoms with E-state index in [2.05, 4.69) is 12.2 Å². The molecule has 2 fully saturated rings. The fraction of sp³-hybridized carbons (Fsp3) is 0.647. The Morgan fingerprint density at radius 3 is 2.79 bits per heavy atom. The molecular formula is C17H27N3O3S. The molecule has 0 spiro atoms. The van der Waals surface area contributed by atoms with Gasteiger partial charge in [0, 0.05) is 38.3 Å². The topological polar surface area (TPSA) is 61.9 Å². The lowest BCUT2D eigenvalue weighted by Gasteiger charge is -2.40. The zero-order valence-corrected chi connectivity index (χ0v) is 15.3. The third-order valence-electron chi connectivity index (χ3n) is 4.93. The number of nitrogens with zero attached hydrogens (tertiary/aromatic N) is 2. The molecule has 134 valence electrons. The highest BCUT2D eigenvalue weighted by molar-refractivity contribution is 7.86. The van der Waals surface area contributed by atoms with Crippen molar-refractivity contribution in [3.8, 4) is 5.75 Å². The molecule has 0 aromatic heterocycles. The Bertz CT molecular complexity index is 665. The van der Waals surface area contributed by atoms with E-state index in [4.69, 9.17) is 4.74 Å². The Morgan fingerprint density at radius 2 is 2.04 bits per heavy atom. The summed E-state index contributed by atoms with van der Waals surface area (Å²) in [5, 5.41) is 3.32. The van der Waals surface area contributed by atoms with Gasteiger partial charge in [-0.15, -0.1) is 0 Å². The second kappa shape index (κ2) is 7.39. The average Bonchev–Trinajstić information content (AvgIpc) is 2.61. The van der Waals surface area contributed by atoms with Crippen molar-refractivity contribution in [3.63, 3.8) is 0 Å². The summed E-state index contributed by atoms with van der Waals surface area (Å²) >= 11 is 0. The summed E-state index contributed by atoms with van der Waals surface area (Å²) in [6.45, 7) is 5.12. The third-order valence-corrected chi connectivity index (χ3v) is 6.95. The Morgan fingerprint density at radius 1 is 1.25 bits per heavy atom. The van der Waals surface area contributed by atoms with E-state index in [-0.39, 0.29) is 6.04 Å². The normalized spacial score (nSPS) is 27.1. The van der Waals surface area contributed by atoms with Gasteiger partial charge in [-0.2, -0.15) is 17.0 Å². The van der Waals surface area contributed by atoms with E-state index in [0.717, 1.165) is 24.2 Å². The molecule has 2 aliphatic rings. The monoisotopic (exact) mass is 353 g/mol. The van der Waals surface area contributed by atoms with Gasteiger partial charge >= 0.3 is 0 Å². The zero-order valence-electron chi connectivity index (χ0n) is 14.4. The van der Waals surface area contributed by atoms with Crippen LogP contribution in [0.15, 0.2) is 24.3 Å². The first-order valence-electron chi connectivity index (χ1n) is 8.64. The van der Waals surface area contributed by atoms with Crippen LogP contribution in [0.1, 0.15) is 31.4 Å². The molecule has 0 amide bonds. The lowest BCUT2D eigenvalue weighted by Crippen LogP contribution is -2.54. The van der Waals surface area contributed by atoms with Crippen molar-refractivity contribution in [2.45, 2.75) is 25.8 Å². The molecule has 1 N–H and O–H groups in total. The Hall–Kier alpha value is -1.15. The van der Waals surface area contributed by atoms with Crippen molar-refractivity contribution in [2.24, 2.45) is 5.92 Å². The van der Waals surface area contributed by atoms with Crippen LogP contribution < -0.4 is 10.1 Å². The number of hydrogen-bond donors (Lipinski definition) is 1. The number of methoxy groups -OCH3 is 1. The van der Waals surface area contributed by atoms with Crippen LogP contribution in [0.5, 0.6) is 5.75 Å². The van der Waals surface area contributed by atoms with Crippen LogP contribution >= 0.6 is 0 Å². The standard InChI is InChI=1S/C17H27N3O3S/c1-14-6-5-10-19(13-14)24(21,22)20-11-9-18-12-16(20)15-7-3-4-8-17(15)23-2/h3-4,7-8,14,16,18H,5-6,9-13H2,1-2H3. The highest BCUT2D eigenvalue weighted by Crippen LogP contribution is 2.33. The number of hydrogen-bond acceptors (Lipinski definition) is 4. The van der Waals surface area contributed by atoms with E-state index in [1.807, 2.05) is 24.3 Å². The lowest BCUT2D eigenvalue weighted by atomic mass is 10.0. The summed E-state index contributed by atoms with van der Waals surface area (Å²) in [6.07, 6.45) is 2.04. The van der Waals surface area contributed by atoms with Crippen molar-refractivity contribution in [2.75, 3.05) is 39.8 Å². The fourth-order valence-electron chi connectivity index (χ4n) is 3.67. The van der Waals surface area contributed by atoms with Crippen LogP contribution in [0.25, 0.3) is 0 Å². The van der Waals surface area contributed by atoms with E-state index < -0.39 is 10.2 Å². The minimum Gasteiger partial charge on any atom is -0.496 e. The van der Waals surface area contributed by atoms with Crippen molar-refractivity contribution >= 4 is 10.2 Å². The van der Waals surface area contributed by atoms with E-state index in [1.165, 1.54) is 0 Å². The minimum absolute atomic E-state index is 0.239. The van der Waals surface area contributed by atoms with E-state index >= 15 is 0 Å². The van der Waals surface area contributed by atoms with Gasteiger partial charge in [0.05, 0.1) is 13.2 Å². The number of nitrogens with one attached hydrogen (secondary N) is 1. The van der Waals surface area contributed by atoms with E-state index in [9.17, 15) is 8.42 Å². The molecular weight excluding hydrogens is 326 g/mol. The highest BCUT2D eigenvalue weighted by Gasteiger charge is 2.39. The van der Waals surface area contributed by atoms with Gasteiger partial charge in [-0.25, -0.2) is 0 Å². The summed E-state index contributed by atoms with van der Waals surface area (Å²) in [4.78, 5) is 0. The SMILES string of the molecule is COc1ccccc1C1CNCCN1S(=O)(=O)N1CCCC(C)C1. The lowest BCUT2D eigenvalue weighted by molar-refractivity contribution is 0.217. The van der Waals surface area contributed by atoms with Gasteiger partial charge in [0.1, 0.15) is 5.75 Å². The Labute approximate surface area is 145 Å². The largest absolute Gasteiger partial charge is 0.496 e. The van der Waals surface area contributed by atoms with E-state index in [0.29, 0.717) is 38.6 Å². The molecule has 0 saturated carbocycles. The van der Waals surface area contributed by atoms with Crippen LogP contribution in [0, 0.1) is 5.92 Å². The van der Waals surface area contributed by atoms with Gasteiger partial charge in [0.2, 0.25) is 0 Å². The molecule has 6 nitrogen and oxygen atoms in total. The number of ether oxygens (including phenoxy) is 1. The molecule has 7 heteroatoms.